The maximum Gasteiger partial charge on any atom is 0.251 e. The van der Waals surface area contributed by atoms with Gasteiger partial charge >= 0.3 is 0 Å². The van der Waals surface area contributed by atoms with Gasteiger partial charge in [-0.3, -0.25) is 9.59 Å². The number of nitrogens with one attached hydrogen (secondary N) is 1. The van der Waals surface area contributed by atoms with Crippen molar-refractivity contribution in [3.05, 3.63) is 57.3 Å². The van der Waals surface area contributed by atoms with Crippen LogP contribution in [0, 0.1) is 0 Å². The SMILES string of the molecule is CC(NC(=O)c1ccc(C(C)(C)C)cc1)C(=O)N1CCc2sccc2C1. The first-order valence-corrected chi connectivity index (χ1v) is 9.89. The van der Waals surface area contributed by atoms with E-state index in [1.54, 1.807) is 18.3 Å². The minimum absolute atomic E-state index is 0.0264. The maximum atomic E-state index is 12.7. The van der Waals surface area contributed by atoms with E-state index in [-0.39, 0.29) is 17.2 Å². The van der Waals surface area contributed by atoms with Gasteiger partial charge in [0.2, 0.25) is 5.91 Å². The van der Waals surface area contributed by atoms with Gasteiger partial charge in [-0.1, -0.05) is 32.9 Å². The normalized spacial score (nSPS) is 15.3. The number of thiophene rings is 1. The molecule has 0 bridgehead atoms. The molecule has 0 radical (unpaired) electrons. The Balaban J connectivity index is 1.61. The molecule has 0 saturated heterocycles. The minimum atomic E-state index is -0.537. The third-order valence-corrected chi connectivity index (χ3v) is 5.87. The van der Waals surface area contributed by atoms with E-state index in [2.05, 4.69) is 37.5 Å². The maximum absolute atomic E-state index is 12.7. The van der Waals surface area contributed by atoms with Crippen molar-refractivity contribution in [3.8, 4) is 0 Å². The molecule has 2 aromatic rings. The molecule has 1 aliphatic rings. The second-order valence-electron chi connectivity index (χ2n) is 7.90. The zero-order valence-electron chi connectivity index (χ0n) is 15.8. The highest BCUT2D eigenvalue weighted by atomic mass is 32.1. The van der Waals surface area contributed by atoms with E-state index in [0.29, 0.717) is 18.7 Å². The predicted octanol–water partition coefficient (Wildman–Crippen LogP) is 3.75. The highest BCUT2D eigenvalue weighted by Gasteiger charge is 2.26. The molecule has 1 atom stereocenters. The van der Waals surface area contributed by atoms with Crippen molar-refractivity contribution in [3.63, 3.8) is 0 Å². The number of hydrogen-bond donors (Lipinski definition) is 1. The van der Waals surface area contributed by atoms with Crippen molar-refractivity contribution in [2.75, 3.05) is 6.54 Å². The summed E-state index contributed by atoms with van der Waals surface area (Å²) in [5.74, 6) is -0.235. The first kappa shape index (κ1) is 18.6. The van der Waals surface area contributed by atoms with Crippen LogP contribution in [0.5, 0.6) is 0 Å². The minimum Gasteiger partial charge on any atom is -0.341 e. The molecule has 0 spiro atoms. The summed E-state index contributed by atoms with van der Waals surface area (Å²) in [6.07, 6.45) is 0.896. The predicted molar refractivity (Wildman–Crippen MR) is 106 cm³/mol. The van der Waals surface area contributed by atoms with Gasteiger partial charge in [0.15, 0.2) is 0 Å². The Morgan fingerprint density at radius 1 is 1.15 bits per heavy atom. The van der Waals surface area contributed by atoms with E-state index in [0.717, 1.165) is 6.42 Å². The first-order chi connectivity index (χ1) is 12.3. The number of hydrogen-bond acceptors (Lipinski definition) is 3. The van der Waals surface area contributed by atoms with Crippen LogP contribution < -0.4 is 5.32 Å². The van der Waals surface area contributed by atoms with Crippen LogP contribution in [0.25, 0.3) is 0 Å². The van der Waals surface area contributed by atoms with Crippen LogP contribution in [0.4, 0.5) is 0 Å². The fourth-order valence-electron chi connectivity index (χ4n) is 3.17. The van der Waals surface area contributed by atoms with Crippen molar-refractivity contribution >= 4 is 23.2 Å². The lowest BCUT2D eigenvalue weighted by Gasteiger charge is -2.29. The van der Waals surface area contributed by atoms with E-state index >= 15 is 0 Å². The first-order valence-electron chi connectivity index (χ1n) is 9.01. The Labute approximate surface area is 159 Å². The molecule has 4 nitrogen and oxygen atoms in total. The van der Waals surface area contributed by atoms with Gasteiger partial charge in [0, 0.05) is 23.5 Å². The average Bonchev–Trinajstić information content (AvgIpc) is 3.08. The number of rotatable bonds is 3. The zero-order chi connectivity index (χ0) is 18.9. The third-order valence-electron chi connectivity index (χ3n) is 4.85. The van der Waals surface area contributed by atoms with Gasteiger partial charge in [0.1, 0.15) is 6.04 Å². The lowest BCUT2D eigenvalue weighted by Crippen LogP contribution is -2.48. The quantitative estimate of drug-likeness (QED) is 0.895. The van der Waals surface area contributed by atoms with Crippen molar-refractivity contribution < 1.29 is 9.59 Å². The molecule has 1 N–H and O–H groups in total. The van der Waals surface area contributed by atoms with Gasteiger partial charge in [-0.25, -0.2) is 0 Å². The Hall–Kier alpha value is -2.14. The van der Waals surface area contributed by atoms with E-state index in [9.17, 15) is 9.59 Å². The van der Waals surface area contributed by atoms with E-state index in [1.165, 1.54) is 16.0 Å². The van der Waals surface area contributed by atoms with Gasteiger partial charge in [-0.2, -0.15) is 0 Å². The molecule has 1 unspecified atom stereocenters. The lowest BCUT2D eigenvalue weighted by molar-refractivity contribution is -0.133. The monoisotopic (exact) mass is 370 g/mol. The Morgan fingerprint density at radius 2 is 1.85 bits per heavy atom. The molecule has 0 saturated carbocycles. The molecule has 0 fully saturated rings. The molecule has 1 aliphatic heterocycles. The topological polar surface area (TPSA) is 49.4 Å². The molecule has 0 aliphatic carbocycles. The van der Waals surface area contributed by atoms with Crippen LogP contribution in [0.15, 0.2) is 35.7 Å². The van der Waals surface area contributed by atoms with Gasteiger partial charge in [0.25, 0.3) is 5.91 Å². The highest BCUT2D eigenvalue weighted by Crippen LogP contribution is 2.24. The second kappa shape index (κ2) is 7.23. The van der Waals surface area contributed by atoms with Crippen LogP contribution >= 0.6 is 11.3 Å². The summed E-state index contributed by atoms with van der Waals surface area (Å²) in [5.41, 5.74) is 3.04. The second-order valence-corrected chi connectivity index (χ2v) is 8.90. The third kappa shape index (κ3) is 3.98. The van der Waals surface area contributed by atoms with Crippen molar-refractivity contribution in [1.29, 1.82) is 0 Å². The molecule has 1 aromatic carbocycles. The van der Waals surface area contributed by atoms with Gasteiger partial charge in [-0.05, 0) is 53.5 Å². The van der Waals surface area contributed by atoms with Crippen LogP contribution in [-0.2, 0) is 23.2 Å². The molecule has 2 amide bonds. The summed E-state index contributed by atoms with van der Waals surface area (Å²) >= 11 is 1.75. The number of carbonyl (C=O) groups is 2. The van der Waals surface area contributed by atoms with E-state index in [1.807, 2.05) is 29.2 Å². The Morgan fingerprint density at radius 3 is 2.50 bits per heavy atom. The summed E-state index contributed by atoms with van der Waals surface area (Å²) in [7, 11) is 0. The van der Waals surface area contributed by atoms with Gasteiger partial charge in [0.05, 0.1) is 0 Å². The largest absolute Gasteiger partial charge is 0.341 e. The van der Waals surface area contributed by atoms with E-state index < -0.39 is 6.04 Å². The summed E-state index contributed by atoms with van der Waals surface area (Å²) < 4.78 is 0. The molecular weight excluding hydrogens is 344 g/mol. The molecule has 2 heterocycles. The zero-order valence-corrected chi connectivity index (χ0v) is 16.7. The number of carbonyl (C=O) groups excluding carboxylic acids is 2. The van der Waals surface area contributed by atoms with E-state index in [4.69, 9.17) is 0 Å². The smallest absolute Gasteiger partial charge is 0.251 e. The van der Waals surface area contributed by atoms with Crippen LogP contribution in [-0.4, -0.2) is 29.3 Å². The molecule has 3 rings (SSSR count). The van der Waals surface area contributed by atoms with Crippen molar-refractivity contribution in [2.24, 2.45) is 0 Å². The van der Waals surface area contributed by atoms with Crippen molar-refractivity contribution in [2.45, 2.75) is 52.1 Å². The molecular formula is C21H26N2O2S. The number of amides is 2. The fraction of sp³-hybridized carbons (Fsp3) is 0.429. The van der Waals surface area contributed by atoms with Gasteiger partial charge in [-0.15, -0.1) is 11.3 Å². The lowest BCUT2D eigenvalue weighted by atomic mass is 9.86. The summed E-state index contributed by atoms with van der Waals surface area (Å²) in [6.45, 7) is 9.53. The Bertz CT molecular complexity index is 802. The standard InChI is InChI=1S/C21H26N2O2S/c1-14(20(25)23-11-9-18-16(13-23)10-12-26-18)22-19(24)15-5-7-17(8-6-15)21(2,3)4/h5-8,10,12,14H,9,11,13H2,1-4H3,(H,22,24). The number of nitrogens with zero attached hydrogens (tertiary/aromatic N) is 1. The average molecular weight is 371 g/mol. The number of benzene rings is 1. The molecule has 5 heteroatoms. The summed E-state index contributed by atoms with van der Waals surface area (Å²) in [5, 5.41) is 4.92. The van der Waals surface area contributed by atoms with Crippen molar-refractivity contribution in [1.82, 2.24) is 10.2 Å². The van der Waals surface area contributed by atoms with Crippen LogP contribution in [0.2, 0.25) is 0 Å². The molecule has 138 valence electrons. The molecule has 26 heavy (non-hydrogen) atoms. The van der Waals surface area contributed by atoms with Crippen LogP contribution in [0.1, 0.15) is 54.1 Å². The number of fused-ring (bicyclic) bond motifs is 1. The molecule has 1 aromatic heterocycles. The van der Waals surface area contributed by atoms with Crippen LogP contribution in [0.3, 0.4) is 0 Å². The highest BCUT2D eigenvalue weighted by molar-refractivity contribution is 7.10. The fourth-order valence-corrected chi connectivity index (χ4v) is 4.06. The van der Waals surface area contributed by atoms with Gasteiger partial charge < -0.3 is 10.2 Å². The summed E-state index contributed by atoms with van der Waals surface area (Å²) in [4.78, 5) is 28.4. The Kier molecular flexibility index (Phi) is 5.19. The summed E-state index contributed by atoms with van der Waals surface area (Å²) in [6, 6.07) is 9.15.